The largest absolute Gasteiger partial charge is 0.504 e. The summed E-state index contributed by atoms with van der Waals surface area (Å²) in [5.74, 6) is -3.23. The molecule has 2 bridgehead atoms. The highest BCUT2D eigenvalue weighted by Crippen LogP contribution is 2.39. The highest BCUT2D eigenvalue weighted by atomic mass is 35.5. The number of carbonyl (C=O) groups is 2. The summed E-state index contributed by atoms with van der Waals surface area (Å²) >= 11 is 6.37. The van der Waals surface area contributed by atoms with E-state index in [0.717, 1.165) is 12.1 Å². The molecule has 2 fully saturated rings. The number of halogens is 5. The van der Waals surface area contributed by atoms with Crippen molar-refractivity contribution in [2.24, 2.45) is 18.7 Å². The number of pyridine rings is 1. The fourth-order valence-electron chi connectivity index (χ4n) is 6.57. The van der Waals surface area contributed by atoms with E-state index in [4.69, 9.17) is 17.3 Å². The third-order valence-corrected chi connectivity index (χ3v) is 9.03. The predicted octanol–water partition coefficient (Wildman–Crippen LogP) is 3.49. The molecule has 1 aromatic carbocycles. The Morgan fingerprint density at radius 1 is 1.19 bits per heavy atom. The Labute approximate surface area is 269 Å². The number of aromatic hydroxyl groups is 1. The minimum Gasteiger partial charge on any atom is -0.504 e. The molecule has 2 amide bonds. The Bertz CT molecular complexity index is 1980. The molecule has 4 N–H and O–H groups in total. The van der Waals surface area contributed by atoms with Crippen LogP contribution in [0, 0.1) is 11.7 Å². The van der Waals surface area contributed by atoms with Crippen molar-refractivity contribution in [1.82, 2.24) is 24.0 Å². The molecule has 0 aliphatic carbocycles. The minimum atomic E-state index is -4.31. The molecule has 12 nitrogen and oxygen atoms in total. The molecular weight excluding hydrogens is 648 g/mol. The van der Waals surface area contributed by atoms with Crippen LogP contribution in [0.2, 0.25) is 5.02 Å². The number of hydrogen-bond acceptors (Lipinski definition) is 8. The number of anilines is 2. The zero-order valence-corrected chi connectivity index (χ0v) is 25.8. The van der Waals surface area contributed by atoms with Gasteiger partial charge in [-0.15, -0.1) is 0 Å². The van der Waals surface area contributed by atoms with Gasteiger partial charge in [-0.2, -0.15) is 13.2 Å². The molecule has 47 heavy (non-hydrogen) atoms. The number of aromatic nitrogens is 4. The standard InChI is InChI=1S/C30H29ClF4N8O4/c1-14-3-16-8-41(10-22(14)43(16)12-30(33,34)35)23-6-21(19(31)7-37-23)39-24(44)11-42-9-18(25-28(42)38-13-40(2)29(25)47)15-4-17(27(36)46)26(45)20(32)5-15/h4-7,9,13-14,16,22,45H,3,8,10-12H2,1-2H3,(H2,36,46)(H,37,39,44)/t14-,16+,22+/m0/s1. The van der Waals surface area contributed by atoms with Crippen LogP contribution in [0.4, 0.5) is 29.1 Å². The number of carbonyl (C=O) groups excluding carboxylic acids is 2. The first kappa shape index (κ1) is 32.2. The van der Waals surface area contributed by atoms with Crippen LogP contribution in [0.15, 0.2) is 41.7 Å². The average molecular weight is 677 g/mol. The maximum atomic E-state index is 14.6. The summed E-state index contributed by atoms with van der Waals surface area (Å²) in [4.78, 5) is 50.4. The Morgan fingerprint density at radius 3 is 2.62 bits per heavy atom. The number of piperazine rings is 1. The van der Waals surface area contributed by atoms with Crippen molar-refractivity contribution in [1.29, 1.82) is 0 Å². The van der Waals surface area contributed by atoms with Gasteiger partial charge in [0.15, 0.2) is 11.6 Å². The molecule has 3 atom stereocenters. The second kappa shape index (κ2) is 11.8. The Balaban J connectivity index is 1.27. The van der Waals surface area contributed by atoms with Gasteiger partial charge in [-0.1, -0.05) is 18.5 Å². The highest BCUT2D eigenvalue weighted by Gasteiger charge is 2.48. The summed E-state index contributed by atoms with van der Waals surface area (Å²) in [6.45, 7) is 1.25. The molecule has 0 unspecified atom stereocenters. The summed E-state index contributed by atoms with van der Waals surface area (Å²) in [5.41, 5.74) is 4.78. The number of primary amides is 1. The third-order valence-electron chi connectivity index (χ3n) is 8.73. The van der Waals surface area contributed by atoms with Gasteiger partial charge in [0, 0.05) is 50.0 Å². The van der Waals surface area contributed by atoms with Gasteiger partial charge in [0.05, 0.1) is 40.7 Å². The lowest BCUT2D eigenvalue weighted by Gasteiger charge is -2.42. The quantitative estimate of drug-likeness (QED) is 0.252. The third kappa shape index (κ3) is 6.10. The first-order valence-corrected chi connectivity index (χ1v) is 14.9. The van der Waals surface area contributed by atoms with Crippen molar-refractivity contribution < 1.29 is 32.3 Å². The first-order chi connectivity index (χ1) is 22.1. The monoisotopic (exact) mass is 676 g/mol. The fourth-order valence-corrected chi connectivity index (χ4v) is 6.72. The van der Waals surface area contributed by atoms with E-state index in [9.17, 15) is 37.1 Å². The van der Waals surface area contributed by atoms with E-state index >= 15 is 0 Å². The molecule has 2 aliphatic heterocycles. The fraction of sp³-hybridized carbons (Fsp3) is 0.367. The van der Waals surface area contributed by atoms with Crippen LogP contribution in [0.1, 0.15) is 23.7 Å². The number of nitrogens with zero attached hydrogens (tertiary/aromatic N) is 6. The number of aryl methyl sites for hydroxylation is 1. The second-order valence-corrected chi connectivity index (χ2v) is 12.4. The molecule has 248 valence electrons. The average Bonchev–Trinajstić information content (AvgIpc) is 3.41. The number of benzene rings is 1. The van der Waals surface area contributed by atoms with E-state index in [2.05, 4.69) is 15.3 Å². The number of nitrogens with two attached hydrogens (primary N) is 1. The summed E-state index contributed by atoms with van der Waals surface area (Å²) in [6, 6.07) is 3.01. The molecule has 0 spiro atoms. The first-order valence-electron chi connectivity index (χ1n) is 14.5. The van der Waals surface area contributed by atoms with Crippen LogP contribution in [0.3, 0.4) is 0 Å². The Kier molecular flexibility index (Phi) is 8.12. The van der Waals surface area contributed by atoms with E-state index in [0.29, 0.717) is 25.3 Å². The van der Waals surface area contributed by atoms with Gasteiger partial charge in [-0.3, -0.25) is 19.3 Å². The van der Waals surface area contributed by atoms with E-state index in [1.165, 1.54) is 39.8 Å². The van der Waals surface area contributed by atoms with Gasteiger partial charge in [-0.05, 0) is 30.0 Å². The zero-order chi connectivity index (χ0) is 33.9. The van der Waals surface area contributed by atoms with Crippen molar-refractivity contribution in [2.75, 3.05) is 29.9 Å². The van der Waals surface area contributed by atoms with Crippen LogP contribution in [0.5, 0.6) is 5.75 Å². The molecular formula is C30H29ClF4N8O4. The minimum absolute atomic E-state index is 0.0288. The van der Waals surface area contributed by atoms with Gasteiger partial charge < -0.3 is 30.2 Å². The van der Waals surface area contributed by atoms with E-state index in [1.807, 2.05) is 11.8 Å². The Morgan fingerprint density at radius 2 is 1.94 bits per heavy atom. The highest BCUT2D eigenvalue weighted by molar-refractivity contribution is 6.33. The molecule has 0 radical (unpaired) electrons. The topological polar surface area (TPSA) is 152 Å². The van der Waals surface area contributed by atoms with Crippen molar-refractivity contribution in [3.63, 3.8) is 0 Å². The normalized spacial score (nSPS) is 19.8. The Hall–Kier alpha value is -4.70. The number of alkyl halides is 3. The molecule has 6 rings (SSSR count). The van der Waals surface area contributed by atoms with Crippen LogP contribution in [-0.4, -0.2) is 78.8 Å². The van der Waals surface area contributed by atoms with Gasteiger partial charge in [0.25, 0.3) is 11.5 Å². The molecule has 17 heteroatoms. The number of rotatable bonds is 7. The van der Waals surface area contributed by atoms with Gasteiger partial charge in [0.2, 0.25) is 5.91 Å². The number of phenols is 1. The summed E-state index contributed by atoms with van der Waals surface area (Å²) < 4.78 is 56.9. The second-order valence-electron chi connectivity index (χ2n) is 11.9. The smallest absolute Gasteiger partial charge is 0.401 e. The van der Waals surface area contributed by atoms with Crippen LogP contribution >= 0.6 is 11.6 Å². The zero-order valence-electron chi connectivity index (χ0n) is 25.1. The van der Waals surface area contributed by atoms with Crippen LogP contribution in [-0.2, 0) is 18.4 Å². The molecule has 2 saturated heterocycles. The molecule has 4 aromatic rings. The van der Waals surface area contributed by atoms with Crippen LogP contribution in [0.25, 0.3) is 22.2 Å². The maximum absolute atomic E-state index is 14.6. The summed E-state index contributed by atoms with van der Waals surface area (Å²) in [5, 5.41) is 12.8. The number of fused-ring (bicyclic) bond motifs is 3. The SMILES string of the molecule is C[C@H]1C[C@@H]2CN(c3cc(NC(=O)Cn4cc(-c5cc(F)c(O)c(C(N)=O)c5)c5c(=O)n(C)cnc54)c(Cl)cn3)C[C@H]1N2CC(F)(F)F. The predicted molar refractivity (Wildman–Crippen MR) is 165 cm³/mol. The van der Waals surface area contributed by atoms with Gasteiger partial charge in [0.1, 0.15) is 18.0 Å². The summed E-state index contributed by atoms with van der Waals surface area (Å²) in [6.07, 6.45) is 0.318. The number of nitrogens with one attached hydrogen (secondary N) is 1. The summed E-state index contributed by atoms with van der Waals surface area (Å²) in [7, 11) is 1.46. The lowest BCUT2D eigenvalue weighted by atomic mass is 10.0. The van der Waals surface area contributed by atoms with Crippen molar-refractivity contribution in [3.8, 4) is 16.9 Å². The van der Waals surface area contributed by atoms with E-state index in [-0.39, 0.29) is 57.4 Å². The molecule has 5 heterocycles. The van der Waals surface area contributed by atoms with E-state index < -0.39 is 47.2 Å². The number of amides is 2. The van der Waals surface area contributed by atoms with E-state index in [1.54, 1.807) is 6.07 Å². The maximum Gasteiger partial charge on any atom is 0.401 e. The van der Waals surface area contributed by atoms with Gasteiger partial charge in [-0.25, -0.2) is 14.4 Å². The number of hydrogen-bond donors (Lipinski definition) is 3. The van der Waals surface area contributed by atoms with Crippen molar-refractivity contribution in [2.45, 2.75) is 38.1 Å². The van der Waals surface area contributed by atoms with Crippen molar-refractivity contribution >= 4 is 46.0 Å². The van der Waals surface area contributed by atoms with Gasteiger partial charge >= 0.3 is 6.18 Å². The molecule has 3 aromatic heterocycles. The molecule has 2 aliphatic rings. The lowest BCUT2D eigenvalue weighted by molar-refractivity contribution is -0.153. The van der Waals surface area contributed by atoms with Crippen LogP contribution < -0.4 is 21.5 Å². The lowest BCUT2D eigenvalue weighted by Crippen LogP contribution is -2.57. The van der Waals surface area contributed by atoms with Crippen molar-refractivity contribution in [3.05, 3.63) is 63.7 Å². The molecule has 0 saturated carbocycles.